The molecule has 1 unspecified atom stereocenters. The molecule has 0 aliphatic carbocycles. The summed E-state index contributed by atoms with van der Waals surface area (Å²) in [6.07, 6.45) is -0.755. The molecule has 9 heteroatoms. The minimum absolute atomic E-state index is 0.0771. The van der Waals surface area contributed by atoms with Gasteiger partial charge < -0.3 is 24.6 Å². The van der Waals surface area contributed by atoms with Crippen LogP contribution in [0.3, 0.4) is 0 Å². The number of ether oxygens (including phenoxy) is 2. The van der Waals surface area contributed by atoms with Gasteiger partial charge in [0.15, 0.2) is 17.7 Å². The minimum Gasteiger partial charge on any atom is -0.477 e. The van der Waals surface area contributed by atoms with Crippen molar-refractivity contribution in [1.82, 2.24) is 4.90 Å². The van der Waals surface area contributed by atoms with Gasteiger partial charge in [0.25, 0.3) is 5.91 Å². The molecule has 2 aromatic rings. The van der Waals surface area contributed by atoms with Crippen molar-refractivity contribution in [2.45, 2.75) is 6.10 Å². The zero-order valence-corrected chi connectivity index (χ0v) is 16.1. The fourth-order valence-corrected chi connectivity index (χ4v) is 3.52. The second-order valence-electron chi connectivity index (χ2n) is 7.07. The highest BCUT2D eigenvalue weighted by Crippen LogP contribution is 2.33. The number of nitrogens with zero attached hydrogens (tertiary/aromatic N) is 2. The van der Waals surface area contributed by atoms with E-state index in [1.165, 1.54) is 6.07 Å². The average molecular weight is 417 g/mol. The van der Waals surface area contributed by atoms with E-state index in [4.69, 9.17) is 9.47 Å². The molecule has 0 bridgehead atoms. The Balaban J connectivity index is 1.48. The number of halogens is 2. The molecule has 0 saturated carbocycles. The maximum atomic E-state index is 13.4. The molecule has 2 aliphatic heterocycles. The summed E-state index contributed by atoms with van der Waals surface area (Å²) in [7, 11) is 0. The Bertz CT molecular complexity index is 950. The van der Waals surface area contributed by atoms with Crippen LogP contribution in [-0.2, 0) is 14.3 Å². The summed E-state index contributed by atoms with van der Waals surface area (Å²) >= 11 is 0. The van der Waals surface area contributed by atoms with E-state index < -0.39 is 23.6 Å². The summed E-state index contributed by atoms with van der Waals surface area (Å²) in [5.41, 5.74) is 0.838. The van der Waals surface area contributed by atoms with Gasteiger partial charge in [-0.2, -0.15) is 0 Å². The quantitative estimate of drug-likeness (QED) is 0.825. The number of benzene rings is 2. The lowest BCUT2D eigenvalue weighted by Crippen LogP contribution is -2.53. The molecule has 1 saturated heterocycles. The maximum Gasteiger partial charge on any atom is 0.265 e. The third kappa shape index (κ3) is 4.35. The van der Waals surface area contributed by atoms with E-state index in [1.807, 2.05) is 6.07 Å². The van der Waals surface area contributed by atoms with Crippen molar-refractivity contribution >= 4 is 23.2 Å². The molecule has 1 atom stereocenters. The first kappa shape index (κ1) is 20.1. The SMILES string of the molecule is O=C(CN1CC(C(=O)N2CCOCC2)Oc2ccccc21)Nc1ccc(F)c(F)c1. The first-order valence-electron chi connectivity index (χ1n) is 9.63. The minimum atomic E-state index is -1.04. The third-order valence-corrected chi connectivity index (χ3v) is 5.00. The van der Waals surface area contributed by atoms with E-state index in [0.717, 1.165) is 12.1 Å². The van der Waals surface area contributed by atoms with Crippen LogP contribution in [0.2, 0.25) is 0 Å². The topological polar surface area (TPSA) is 71.1 Å². The summed E-state index contributed by atoms with van der Waals surface area (Å²) in [5.74, 6) is -2.09. The van der Waals surface area contributed by atoms with Crippen LogP contribution in [0.4, 0.5) is 20.2 Å². The molecule has 158 valence electrons. The summed E-state index contributed by atoms with van der Waals surface area (Å²) in [6.45, 7) is 2.07. The van der Waals surface area contributed by atoms with Gasteiger partial charge >= 0.3 is 0 Å². The van der Waals surface area contributed by atoms with Crippen molar-refractivity contribution in [2.75, 3.05) is 49.6 Å². The highest BCUT2D eigenvalue weighted by Gasteiger charge is 2.34. The Morgan fingerprint density at radius 2 is 1.83 bits per heavy atom. The molecule has 2 heterocycles. The summed E-state index contributed by atoms with van der Waals surface area (Å²) in [4.78, 5) is 28.9. The molecule has 7 nitrogen and oxygen atoms in total. The number of hydrogen-bond acceptors (Lipinski definition) is 5. The van der Waals surface area contributed by atoms with Gasteiger partial charge in [-0.05, 0) is 24.3 Å². The van der Waals surface area contributed by atoms with Crippen molar-refractivity contribution in [3.8, 4) is 5.75 Å². The van der Waals surface area contributed by atoms with Crippen LogP contribution in [0.5, 0.6) is 5.75 Å². The first-order valence-corrected chi connectivity index (χ1v) is 9.63. The average Bonchev–Trinajstić information content (AvgIpc) is 2.76. The fourth-order valence-electron chi connectivity index (χ4n) is 3.52. The van der Waals surface area contributed by atoms with Gasteiger partial charge in [0.05, 0.1) is 32.0 Å². The first-order chi connectivity index (χ1) is 14.5. The second-order valence-corrected chi connectivity index (χ2v) is 7.07. The molecule has 2 aliphatic rings. The number of rotatable bonds is 4. The van der Waals surface area contributed by atoms with Crippen LogP contribution >= 0.6 is 0 Å². The normalized spacial score (nSPS) is 18.4. The number of amides is 2. The van der Waals surface area contributed by atoms with Gasteiger partial charge in [0.1, 0.15) is 5.75 Å². The smallest absolute Gasteiger partial charge is 0.265 e. The third-order valence-electron chi connectivity index (χ3n) is 5.00. The standard InChI is InChI=1S/C21H21F2N3O4/c22-15-6-5-14(11-16(15)23)24-20(27)13-26-12-19(21(28)25-7-9-29-10-8-25)30-18-4-2-1-3-17(18)26/h1-6,11,19H,7-10,12-13H2,(H,24,27). The van der Waals surface area contributed by atoms with Gasteiger partial charge in [-0.1, -0.05) is 12.1 Å². The van der Waals surface area contributed by atoms with Crippen molar-refractivity contribution in [2.24, 2.45) is 0 Å². The maximum absolute atomic E-state index is 13.4. The van der Waals surface area contributed by atoms with Crippen LogP contribution in [0.15, 0.2) is 42.5 Å². The van der Waals surface area contributed by atoms with Gasteiger partial charge in [0, 0.05) is 24.8 Å². The van der Waals surface area contributed by atoms with E-state index >= 15 is 0 Å². The summed E-state index contributed by atoms with van der Waals surface area (Å²) in [5, 5.41) is 2.56. The zero-order chi connectivity index (χ0) is 21.1. The van der Waals surface area contributed by atoms with Crippen LogP contribution in [0.1, 0.15) is 0 Å². The van der Waals surface area contributed by atoms with Crippen LogP contribution in [0, 0.1) is 11.6 Å². The highest BCUT2D eigenvalue weighted by molar-refractivity contribution is 5.95. The Labute approximate surface area is 172 Å². The van der Waals surface area contributed by atoms with E-state index in [0.29, 0.717) is 37.7 Å². The Hall–Kier alpha value is -3.20. The van der Waals surface area contributed by atoms with Crippen LogP contribution < -0.4 is 15.0 Å². The van der Waals surface area contributed by atoms with Crippen molar-refractivity contribution in [1.29, 1.82) is 0 Å². The number of anilines is 2. The van der Waals surface area contributed by atoms with Gasteiger partial charge in [-0.25, -0.2) is 8.78 Å². The van der Waals surface area contributed by atoms with Crippen molar-refractivity contribution < 1.29 is 27.8 Å². The molecule has 2 amide bonds. The lowest BCUT2D eigenvalue weighted by Gasteiger charge is -2.38. The van der Waals surface area contributed by atoms with E-state index in [9.17, 15) is 18.4 Å². The van der Waals surface area contributed by atoms with Crippen LogP contribution in [0.25, 0.3) is 0 Å². The number of fused-ring (bicyclic) bond motifs is 1. The molecule has 30 heavy (non-hydrogen) atoms. The molecular formula is C21H21F2N3O4. The largest absolute Gasteiger partial charge is 0.477 e. The van der Waals surface area contributed by atoms with Crippen molar-refractivity contribution in [3.05, 3.63) is 54.1 Å². The molecule has 1 fully saturated rings. The Morgan fingerprint density at radius 1 is 1.07 bits per heavy atom. The number of nitrogens with one attached hydrogen (secondary N) is 1. The zero-order valence-electron chi connectivity index (χ0n) is 16.1. The lowest BCUT2D eigenvalue weighted by atomic mass is 10.1. The number of morpholine rings is 1. The lowest BCUT2D eigenvalue weighted by molar-refractivity contribution is -0.142. The van der Waals surface area contributed by atoms with Crippen LogP contribution in [-0.4, -0.2) is 62.2 Å². The second kappa shape index (κ2) is 8.66. The summed E-state index contributed by atoms with van der Waals surface area (Å²) < 4.78 is 37.7. The molecule has 0 aromatic heterocycles. The number of para-hydroxylation sites is 2. The molecule has 0 radical (unpaired) electrons. The van der Waals surface area contributed by atoms with E-state index in [-0.39, 0.29) is 24.7 Å². The van der Waals surface area contributed by atoms with Gasteiger partial charge in [0.2, 0.25) is 5.91 Å². The number of hydrogen-bond donors (Lipinski definition) is 1. The molecule has 4 rings (SSSR count). The number of carbonyl (C=O) groups is 2. The molecule has 2 aromatic carbocycles. The van der Waals surface area contributed by atoms with Gasteiger partial charge in [-0.15, -0.1) is 0 Å². The Kier molecular flexibility index (Phi) is 5.80. The Morgan fingerprint density at radius 3 is 2.60 bits per heavy atom. The monoisotopic (exact) mass is 417 g/mol. The molecule has 1 N–H and O–H groups in total. The number of carbonyl (C=O) groups excluding carboxylic acids is 2. The fraction of sp³-hybridized carbons (Fsp3) is 0.333. The van der Waals surface area contributed by atoms with Gasteiger partial charge in [-0.3, -0.25) is 9.59 Å². The van der Waals surface area contributed by atoms with E-state index in [1.54, 1.807) is 28.0 Å². The summed E-state index contributed by atoms with van der Waals surface area (Å²) in [6, 6.07) is 10.3. The molecular weight excluding hydrogens is 396 g/mol. The van der Waals surface area contributed by atoms with E-state index in [2.05, 4.69) is 5.32 Å². The van der Waals surface area contributed by atoms with Crippen molar-refractivity contribution in [3.63, 3.8) is 0 Å². The molecule has 0 spiro atoms. The predicted octanol–water partition coefficient (Wildman–Crippen LogP) is 2.03. The predicted molar refractivity (Wildman–Crippen MR) is 105 cm³/mol. The highest BCUT2D eigenvalue weighted by atomic mass is 19.2.